The second-order valence-electron chi connectivity index (χ2n) is 4.81. The number of carbonyl (C=O) groups is 1. The van der Waals surface area contributed by atoms with Crippen molar-refractivity contribution < 1.29 is 4.79 Å². The van der Waals surface area contributed by atoms with Gasteiger partial charge in [-0.25, -0.2) is 0 Å². The highest BCUT2D eigenvalue weighted by atomic mass is 79.9. The van der Waals surface area contributed by atoms with Gasteiger partial charge in [-0.1, -0.05) is 17.7 Å². The lowest BCUT2D eigenvalue weighted by molar-refractivity contribution is 0.0783. The molecule has 0 aliphatic rings. The number of nitrogens with zero attached hydrogens (tertiary/aromatic N) is 3. The summed E-state index contributed by atoms with van der Waals surface area (Å²) in [7, 11) is 1.79. The Labute approximate surface area is 127 Å². The van der Waals surface area contributed by atoms with Crippen molar-refractivity contribution in [3.8, 4) is 0 Å². The molecule has 0 radical (unpaired) electrons. The summed E-state index contributed by atoms with van der Waals surface area (Å²) < 4.78 is 2.79. The van der Waals surface area contributed by atoms with Crippen molar-refractivity contribution in [3.05, 3.63) is 51.8 Å². The van der Waals surface area contributed by atoms with Crippen LogP contribution in [0.2, 0.25) is 0 Å². The summed E-state index contributed by atoms with van der Waals surface area (Å²) in [5, 5.41) is 4.44. The Morgan fingerprint density at radius 1 is 1.45 bits per heavy atom. The molecule has 20 heavy (non-hydrogen) atoms. The van der Waals surface area contributed by atoms with Crippen LogP contribution in [0.4, 0.5) is 0 Å². The number of rotatable bonds is 4. The number of amides is 1. The molecule has 1 heterocycles. The van der Waals surface area contributed by atoms with Crippen LogP contribution in [0.5, 0.6) is 0 Å². The smallest absolute Gasteiger partial charge is 0.253 e. The SMILES string of the molecule is CCn1cc(Br)c(CN(C)C(=O)c2cccc(C)c2)n1. The average molecular weight is 336 g/mol. The molecule has 0 unspecified atom stereocenters. The van der Waals surface area contributed by atoms with Crippen LogP contribution < -0.4 is 0 Å². The van der Waals surface area contributed by atoms with Crippen molar-refractivity contribution in [3.63, 3.8) is 0 Å². The zero-order valence-electron chi connectivity index (χ0n) is 11.9. The normalized spacial score (nSPS) is 10.6. The first kappa shape index (κ1) is 14.8. The summed E-state index contributed by atoms with van der Waals surface area (Å²) in [4.78, 5) is 14.0. The largest absolute Gasteiger partial charge is 0.336 e. The summed E-state index contributed by atoms with van der Waals surface area (Å²) in [5.74, 6) is 0.00616. The Morgan fingerprint density at radius 3 is 2.80 bits per heavy atom. The van der Waals surface area contributed by atoms with E-state index in [0.717, 1.165) is 22.3 Å². The molecule has 0 aliphatic carbocycles. The maximum atomic E-state index is 12.4. The van der Waals surface area contributed by atoms with E-state index in [1.807, 2.05) is 49.0 Å². The summed E-state index contributed by atoms with van der Waals surface area (Å²) in [6, 6.07) is 7.62. The molecule has 106 valence electrons. The first-order valence-corrected chi connectivity index (χ1v) is 7.34. The van der Waals surface area contributed by atoms with Crippen molar-refractivity contribution in [2.45, 2.75) is 26.9 Å². The van der Waals surface area contributed by atoms with Crippen LogP contribution in [-0.2, 0) is 13.1 Å². The van der Waals surface area contributed by atoms with Crippen molar-refractivity contribution in [1.82, 2.24) is 14.7 Å². The maximum absolute atomic E-state index is 12.4. The van der Waals surface area contributed by atoms with E-state index in [2.05, 4.69) is 21.0 Å². The molecule has 0 spiro atoms. The molecule has 1 amide bonds. The van der Waals surface area contributed by atoms with Crippen LogP contribution >= 0.6 is 15.9 Å². The molecule has 0 saturated heterocycles. The van der Waals surface area contributed by atoms with Crippen LogP contribution in [0.15, 0.2) is 34.9 Å². The highest BCUT2D eigenvalue weighted by molar-refractivity contribution is 9.10. The second kappa shape index (κ2) is 6.22. The summed E-state index contributed by atoms with van der Waals surface area (Å²) in [6.45, 7) is 5.32. The molecule has 0 saturated carbocycles. The molecule has 2 rings (SSSR count). The van der Waals surface area contributed by atoms with Crippen molar-refractivity contribution in [1.29, 1.82) is 0 Å². The van der Waals surface area contributed by atoms with Gasteiger partial charge in [-0.05, 0) is 41.9 Å². The molecule has 0 fully saturated rings. The fourth-order valence-electron chi connectivity index (χ4n) is 2.00. The van der Waals surface area contributed by atoms with Gasteiger partial charge in [-0.3, -0.25) is 9.48 Å². The Kier molecular flexibility index (Phi) is 4.60. The lowest BCUT2D eigenvalue weighted by atomic mass is 10.1. The number of carbonyl (C=O) groups excluding carboxylic acids is 1. The Balaban J connectivity index is 2.13. The van der Waals surface area contributed by atoms with Gasteiger partial charge in [-0.2, -0.15) is 5.10 Å². The van der Waals surface area contributed by atoms with Gasteiger partial charge in [0, 0.05) is 25.4 Å². The number of hydrogen-bond donors (Lipinski definition) is 0. The van der Waals surface area contributed by atoms with Crippen molar-refractivity contribution in [2.24, 2.45) is 0 Å². The lowest BCUT2D eigenvalue weighted by Gasteiger charge is -2.16. The van der Waals surface area contributed by atoms with Crippen LogP contribution in [0, 0.1) is 6.92 Å². The Bertz CT molecular complexity index is 621. The predicted molar refractivity (Wildman–Crippen MR) is 82.6 cm³/mol. The van der Waals surface area contributed by atoms with Gasteiger partial charge in [-0.15, -0.1) is 0 Å². The van der Waals surface area contributed by atoms with Crippen LogP contribution in [0.1, 0.15) is 28.5 Å². The molecule has 5 heteroatoms. The van der Waals surface area contributed by atoms with Gasteiger partial charge >= 0.3 is 0 Å². The minimum Gasteiger partial charge on any atom is -0.336 e. The fraction of sp³-hybridized carbons (Fsp3) is 0.333. The first-order chi connectivity index (χ1) is 9.51. The topological polar surface area (TPSA) is 38.1 Å². The fourth-order valence-corrected chi connectivity index (χ4v) is 2.44. The first-order valence-electron chi connectivity index (χ1n) is 6.55. The van der Waals surface area contributed by atoms with Crippen LogP contribution in [-0.4, -0.2) is 27.6 Å². The number of aromatic nitrogens is 2. The standard InChI is InChI=1S/C15H18BrN3O/c1-4-19-9-13(16)14(17-19)10-18(3)15(20)12-7-5-6-11(2)8-12/h5-9H,4,10H2,1-3H3. The molecule has 4 nitrogen and oxygen atoms in total. The minimum atomic E-state index is 0.00616. The van der Waals surface area contributed by atoms with Gasteiger partial charge < -0.3 is 4.90 Å². The third-order valence-corrected chi connectivity index (χ3v) is 3.77. The van der Waals surface area contributed by atoms with Crippen molar-refractivity contribution >= 4 is 21.8 Å². The van der Waals surface area contributed by atoms with Gasteiger partial charge in [0.2, 0.25) is 0 Å². The maximum Gasteiger partial charge on any atom is 0.253 e. The zero-order valence-corrected chi connectivity index (χ0v) is 13.5. The molecule has 1 aromatic heterocycles. The van der Waals surface area contributed by atoms with E-state index >= 15 is 0 Å². The summed E-state index contributed by atoms with van der Waals surface area (Å²) in [5.41, 5.74) is 2.66. The van der Waals surface area contributed by atoms with Crippen molar-refractivity contribution in [2.75, 3.05) is 7.05 Å². The molecule has 0 bridgehead atoms. The Hall–Kier alpha value is -1.62. The summed E-state index contributed by atoms with van der Waals surface area (Å²) in [6.07, 6.45) is 1.93. The van der Waals surface area contributed by atoms with Crippen LogP contribution in [0.25, 0.3) is 0 Å². The Morgan fingerprint density at radius 2 is 2.20 bits per heavy atom. The lowest BCUT2D eigenvalue weighted by Crippen LogP contribution is -2.26. The zero-order chi connectivity index (χ0) is 14.7. The van der Waals surface area contributed by atoms with Gasteiger partial charge in [0.15, 0.2) is 0 Å². The van der Waals surface area contributed by atoms with E-state index in [9.17, 15) is 4.79 Å². The van der Waals surface area contributed by atoms with E-state index in [0.29, 0.717) is 12.1 Å². The van der Waals surface area contributed by atoms with Gasteiger partial charge in [0.05, 0.1) is 16.7 Å². The molecule has 1 aromatic carbocycles. The molecular formula is C15H18BrN3O. The highest BCUT2D eigenvalue weighted by Gasteiger charge is 2.15. The van der Waals surface area contributed by atoms with E-state index < -0.39 is 0 Å². The summed E-state index contributed by atoms with van der Waals surface area (Å²) >= 11 is 3.48. The predicted octanol–water partition coefficient (Wildman–Crippen LogP) is 3.25. The molecule has 0 aliphatic heterocycles. The van der Waals surface area contributed by atoms with E-state index in [-0.39, 0.29) is 5.91 Å². The van der Waals surface area contributed by atoms with E-state index in [4.69, 9.17) is 0 Å². The van der Waals surface area contributed by atoms with E-state index in [1.165, 1.54) is 0 Å². The van der Waals surface area contributed by atoms with Gasteiger partial charge in [0.1, 0.15) is 0 Å². The molecular weight excluding hydrogens is 318 g/mol. The molecule has 0 atom stereocenters. The quantitative estimate of drug-likeness (QED) is 0.860. The monoisotopic (exact) mass is 335 g/mol. The minimum absolute atomic E-state index is 0.00616. The van der Waals surface area contributed by atoms with Gasteiger partial charge in [0.25, 0.3) is 5.91 Å². The van der Waals surface area contributed by atoms with Crippen LogP contribution in [0.3, 0.4) is 0 Å². The van der Waals surface area contributed by atoms with E-state index in [1.54, 1.807) is 11.9 Å². The average Bonchev–Trinajstić information content (AvgIpc) is 2.78. The number of hydrogen-bond acceptors (Lipinski definition) is 2. The highest BCUT2D eigenvalue weighted by Crippen LogP contribution is 2.17. The number of aryl methyl sites for hydroxylation is 2. The second-order valence-corrected chi connectivity index (χ2v) is 5.66. The third-order valence-electron chi connectivity index (χ3n) is 3.11. The number of benzene rings is 1. The molecule has 0 N–H and O–H groups in total. The number of halogens is 1. The molecule has 2 aromatic rings. The third kappa shape index (κ3) is 3.28.